The van der Waals surface area contributed by atoms with E-state index in [1.165, 1.54) is 12.0 Å². The first kappa shape index (κ1) is 42.2. The summed E-state index contributed by atoms with van der Waals surface area (Å²) in [4.78, 5) is 12.7. The molecular formula is C39H57BrN2O7. The van der Waals surface area contributed by atoms with Crippen molar-refractivity contribution in [1.29, 1.82) is 0 Å². The van der Waals surface area contributed by atoms with Gasteiger partial charge in [-0.2, -0.15) is 0 Å². The van der Waals surface area contributed by atoms with Gasteiger partial charge in [0.15, 0.2) is 6.10 Å². The van der Waals surface area contributed by atoms with Gasteiger partial charge in [0.05, 0.1) is 25.4 Å². The number of ether oxygens (including phenoxy) is 2. The van der Waals surface area contributed by atoms with Crippen LogP contribution in [0, 0.1) is 0 Å². The number of nitrogens with two attached hydrogens (primary N) is 1. The third kappa shape index (κ3) is 13.0. The van der Waals surface area contributed by atoms with Crippen LogP contribution in [0.3, 0.4) is 0 Å². The summed E-state index contributed by atoms with van der Waals surface area (Å²) in [7, 11) is 0. The van der Waals surface area contributed by atoms with Gasteiger partial charge in [-0.3, -0.25) is 4.90 Å². The average molecular weight is 746 g/mol. The number of fused-ring (bicyclic) bond motifs is 2. The standard InChI is InChI=1S/C17H27NO2.C11H15NO2.C8H8O3.C3H7Br/c1-4-9-18(10-5-2)16-11-13-7-8-14(20-6-3)12-15(13)17(16)19;1-2-14-8-4-3-7-5-10(12)11(13)9(7)6-8;9-7(8(10)11)6-4-2-1-3-5-6;1-2-3-4/h7-8,12,16-17,19H,4-6,9-11H2,1-3H3;3-4,6,10-11,13H,2,5,12H2,1H3;1-5,7,9H,(H,10,11);2-3H2,1H3/t16-,17?;10-,11?;7-;/m001./s1. The lowest BCUT2D eigenvalue weighted by molar-refractivity contribution is -0.146. The molecule has 6 N–H and O–H groups in total. The van der Waals surface area contributed by atoms with Gasteiger partial charge in [-0.1, -0.05) is 79.2 Å². The molecule has 0 heterocycles. The maximum absolute atomic E-state index is 10.7. The van der Waals surface area contributed by atoms with Crippen LogP contribution in [0.15, 0.2) is 66.7 Å². The third-order valence-electron chi connectivity index (χ3n) is 8.18. The van der Waals surface area contributed by atoms with Crippen molar-refractivity contribution in [2.45, 2.75) is 97.1 Å². The van der Waals surface area contributed by atoms with E-state index in [9.17, 15) is 15.0 Å². The smallest absolute Gasteiger partial charge is 0.337 e. The number of rotatable bonds is 12. The zero-order valence-corrected chi connectivity index (χ0v) is 31.3. The van der Waals surface area contributed by atoms with Crippen molar-refractivity contribution in [3.05, 3.63) is 94.5 Å². The molecule has 49 heavy (non-hydrogen) atoms. The monoisotopic (exact) mass is 744 g/mol. The number of carboxylic acid groups (broad SMARTS) is 1. The lowest BCUT2D eigenvalue weighted by Crippen LogP contribution is -2.39. The van der Waals surface area contributed by atoms with Crippen molar-refractivity contribution in [3.63, 3.8) is 0 Å². The molecule has 0 amide bonds. The molecule has 3 aromatic carbocycles. The van der Waals surface area contributed by atoms with Gasteiger partial charge in [-0.15, -0.1) is 0 Å². The zero-order valence-electron chi connectivity index (χ0n) is 29.7. The fraction of sp³-hybridized carbons (Fsp3) is 0.513. The van der Waals surface area contributed by atoms with E-state index >= 15 is 0 Å². The van der Waals surface area contributed by atoms with E-state index in [1.807, 2.05) is 44.2 Å². The number of carboxylic acids is 1. The Morgan fingerprint density at radius 3 is 1.76 bits per heavy atom. The maximum Gasteiger partial charge on any atom is 0.337 e. The number of aliphatic hydroxyl groups excluding tert-OH is 3. The molecule has 5 atom stereocenters. The van der Waals surface area contributed by atoms with Gasteiger partial charge in [0.2, 0.25) is 0 Å². The first-order chi connectivity index (χ1) is 23.6. The largest absolute Gasteiger partial charge is 0.494 e. The van der Waals surface area contributed by atoms with E-state index in [-0.39, 0.29) is 18.2 Å². The summed E-state index contributed by atoms with van der Waals surface area (Å²) in [5.74, 6) is 0.444. The molecule has 0 saturated carbocycles. The molecule has 0 aliphatic heterocycles. The number of aliphatic hydroxyl groups is 3. The van der Waals surface area contributed by atoms with Gasteiger partial charge in [0.1, 0.15) is 11.5 Å². The molecule has 2 aliphatic carbocycles. The van der Waals surface area contributed by atoms with Crippen LogP contribution in [-0.4, -0.2) is 75.0 Å². The van der Waals surface area contributed by atoms with Crippen molar-refractivity contribution in [2.75, 3.05) is 31.6 Å². The minimum Gasteiger partial charge on any atom is -0.494 e. The fourth-order valence-corrected chi connectivity index (χ4v) is 5.85. The van der Waals surface area contributed by atoms with Crippen LogP contribution in [0.25, 0.3) is 0 Å². The van der Waals surface area contributed by atoms with E-state index in [0.29, 0.717) is 18.8 Å². The van der Waals surface area contributed by atoms with Gasteiger partial charge in [0, 0.05) is 17.4 Å². The molecule has 9 nitrogen and oxygen atoms in total. The van der Waals surface area contributed by atoms with Crippen LogP contribution in [0.5, 0.6) is 11.5 Å². The van der Waals surface area contributed by atoms with E-state index < -0.39 is 18.2 Å². The minimum absolute atomic E-state index is 0.165. The number of aliphatic carboxylic acids is 1. The van der Waals surface area contributed by atoms with Crippen LogP contribution in [0.4, 0.5) is 0 Å². The third-order valence-corrected chi connectivity index (χ3v) is 8.97. The molecule has 0 fully saturated rings. The lowest BCUT2D eigenvalue weighted by Gasteiger charge is -2.30. The summed E-state index contributed by atoms with van der Waals surface area (Å²) in [5.41, 5.74) is 10.5. The molecule has 3 aromatic rings. The lowest BCUT2D eigenvalue weighted by atomic mass is 10.1. The Morgan fingerprint density at radius 1 is 0.816 bits per heavy atom. The molecule has 272 valence electrons. The van der Waals surface area contributed by atoms with Crippen LogP contribution < -0.4 is 15.2 Å². The Bertz CT molecular complexity index is 1370. The second kappa shape index (κ2) is 22.7. The fourth-order valence-electron chi connectivity index (χ4n) is 5.85. The van der Waals surface area contributed by atoms with Gasteiger partial charge in [-0.05, 0) is 111 Å². The van der Waals surface area contributed by atoms with Crippen molar-refractivity contribution < 1.29 is 34.7 Å². The Kier molecular flexibility index (Phi) is 19.5. The number of nitrogens with zero attached hydrogens (tertiary/aromatic N) is 1. The van der Waals surface area contributed by atoms with Crippen LogP contribution >= 0.6 is 15.9 Å². The van der Waals surface area contributed by atoms with Crippen molar-refractivity contribution >= 4 is 21.9 Å². The number of alkyl halides is 1. The molecule has 2 aliphatic rings. The second-order valence-corrected chi connectivity index (χ2v) is 12.8. The van der Waals surface area contributed by atoms with Crippen LogP contribution in [0.1, 0.15) is 100 Å². The molecular weight excluding hydrogens is 688 g/mol. The predicted molar refractivity (Wildman–Crippen MR) is 200 cm³/mol. The molecule has 0 radical (unpaired) electrons. The second-order valence-electron chi connectivity index (χ2n) is 12.0. The highest BCUT2D eigenvalue weighted by molar-refractivity contribution is 9.09. The normalized spacial score (nSPS) is 19.2. The number of carbonyl (C=O) groups is 1. The number of hydrogen-bond donors (Lipinski definition) is 5. The molecule has 0 bridgehead atoms. The van der Waals surface area contributed by atoms with Crippen LogP contribution in [0.2, 0.25) is 0 Å². The Labute approximate surface area is 301 Å². The van der Waals surface area contributed by atoms with Crippen molar-refractivity contribution in [1.82, 2.24) is 4.90 Å². The van der Waals surface area contributed by atoms with E-state index in [2.05, 4.69) is 47.7 Å². The number of hydrogen-bond acceptors (Lipinski definition) is 8. The summed E-state index contributed by atoms with van der Waals surface area (Å²) in [5, 5.41) is 38.9. The van der Waals surface area contributed by atoms with E-state index in [0.717, 1.165) is 72.3 Å². The highest BCUT2D eigenvalue weighted by Crippen LogP contribution is 2.37. The van der Waals surface area contributed by atoms with Crippen molar-refractivity contribution in [3.8, 4) is 11.5 Å². The Morgan fingerprint density at radius 2 is 1.31 bits per heavy atom. The van der Waals surface area contributed by atoms with Gasteiger partial charge in [0.25, 0.3) is 0 Å². The minimum atomic E-state index is -1.41. The summed E-state index contributed by atoms with van der Waals surface area (Å²) >= 11 is 3.25. The molecule has 2 unspecified atom stereocenters. The average Bonchev–Trinajstić information content (AvgIpc) is 3.59. The Hall–Kier alpha value is -2.99. The topological polar surface area (TPSA) is 146 Å². The summed E-state index contributed by atoms with van der Waals surface area (Å²) in [6.45, 7) is 13.9. The SMILES string of the molecule is CCCBr.CCCN(CCC)[C@H]1Cc2ccc(OCC)cc2C1O.CCOc1ccc2c(c1)C(O)[C@@H](N)C2.O=C(O)[C@H](O)c1ccccc1. The maximum atomic E-state index is 10.7. The highest BCUT2D eigenvalue weighted by Gasteiger charge is 2.34. The van der Waals surface area contributed by atoms with Gasteiger partial charge < -0.3 is 35.6 Å². The summed E-state index contributed by atoms with van der Waals surface area (Å²) < 4.78 is 10.9. The van der Waals surface area contributed by atoms with E-state index in [1.54, 1.807) is 30.3 Å². The van der Waals surface area contributed by atoms with Gasteiger partial charge >= 0.3 is 5.97 Å². The molecule has 0 spiro atoms. The quantitative estimate of drug-likeness (QED) is 0.127. The first-order valence-electron chi connectivity index (χ1n) is 17.4. The summed E-state index contributed by atoms with van der Waals surface area (Å²) in [6, 6.07) is 20.3. The first-order valence-corrected chi connectivity index (χ1v) is 18.6. The molecule has 5 rings (SSSR count). The van der Waals surface area contributed by atoms with E-state index in [4.69, 9.17) is 25.4 Å². The zero-order chi connectivity index (χ0) is 36.3. The van der Waals surface area contributed by atoms with Gasteiger partial charge in [-0.25, -0.2) is 4.79 Å². The molecule has 0 saturated heterocycles. The Balaban J connectivity index is 0.000000251. The van der Waals surface area contributed by atoms with Crippen molar-refractivity contribution in [2.24, 2.45) is 5.73 Å². The number of halogens is 1. The summed E-state index contributed by atoms with van der Waals surface area (Å²) in [6.07, 6.45) is 2.87. The number of benzene rings is 3. The molecule has 10 heteroatoms. The highest BCUT2D eigenvalue weighted by atomic mass is 79.9. The van der Waals surface area contributed by atoms with Crippen LogP contribution in [-0.2, 0) is 17.6 Å². The molecule has 0 aromatic heterocycles. The predicted octanol–water partition coefficient (Wildman–Crippen LogP) is 6.76.